The van der Waals surface area contributed by atoms with Gasteiger partial charge in [-0.3, -0.25) is 4.79 Å². The molecule has 0 saturated heterocycles. The zero-order chi connectivity index (χ0) is 13.5. The Morgan fingerprint density at radius 1 is 0.889 bits per heavy atom. The number of carboxylic acid groups (broad SMARTS) is 1. The molecule has 0 aromatic carbocycles. The molecule has 2 heteroatoms. The fraction of sp³-hybridized carbons (Fsp3) is 0.688. The highest BCUT2D eigenvalue weighted by atomic mass is 16.4. The van der Waals surface area contributed by atoms with Crippen LogP contribution in [0.4, 0.5) is 0 Å². The monoisotopic (exact) mass is 252 g/mol. The van der Waals surface area contributed by atoms with E-state index >= 15 is 0 Å². The molecular formula is C16H28O2. The van der Waals surface area contributed by atoms with Crippen molar-refractivity contribution in [3.63, 3.8) is 0 Å². The molecule has 0 aliphatic carbocycles. The van der Waals surface area contributed by atoms with Crippen molar-refractivity contribution in [1.82, 2.24) is 0 Å². The second-order valence-electron chi connectivity index (χ2n) is 4.71. The minimum atomic E-state index is -0.666. The number of hydrogen-bond acceptors (Lipinski definition) is 1. The van der Waals surface area contributed by atoms with E-state index in [2.05, 4.69) is 18.2 Å². The van der Waals surface area contributed by atoms with Crippen LogP contribution in [0, 0.1) is 0 Å². The molecule has 1 N–H and O–H groups in total. The van der Waals surface area contributed by atoms with Crippen LogP contribution in [0.15, 0.2) is 24.3 Å². The molecule has 0 bridgehead atoms. The van der Waals surface area contributed by atoms with Crippen molar-refractivity contribution in [2.24, 2.45) is 0 Å². The summed E-state index contributed by atoms with van der Waals surface area (Å²) in [6.45, 7) is 2.03. The maximum absolute atomic E-state index is 10.3. The Morgan fingerprint density at radius 3 is 2.00 bits per heavy atom. The fourth-order valence-electron chi connectivity index (χ4n) is 1.88. The molecule has 0 saturated carbocycles. The van der Waals surface area contributed by atoms with E-state index in [4.69, 9.17) is 5.11 Å². The van der Waals surface area contributed by atoms with E-state index in [1.165, 1.54) is 44.9 Å². The van der Waals surface area contributed by atoms with Gasteiger partial charge < -0.3 is 5.11 Å². The summed E-state index contributed by atoms with van der Waals surface area (Å²) in [5, 5.41) is 8.48. The standard InChI is InChI=1S/C16H28O2/c1-2-3-4-5-6-7-8-9-10-11-12-13-14-15-16(17)18/h2-5H,6-15H2,1H3,(H,17,18)/b3-2+,5-4-. The quantitative estimate of drug-likeness (QED) is 0.387. The number of carbonyl (C=O) groups is 1. The summed E-state index contributed by atoms with van der Waals surface area (Å²) < 4.78 is 0. The van der Waals surface area contributed by atoms with E-state index in [9.17, 15) is 4.79 Å². The molecule has 0 heterocycles. The summed E-state index contributed by atoms with van der Waals surface area (Å²) >= 11 is 0. The molecule has 0 spiro atoms. The second kappa shape index (κ2) is 14.0. The maximum Gasteiger partial charge on any atom is 0.303 e. The molecule has 0 unspecified atom stereocenters. The first kappa shape index (κ1) is 16.9. The van der Waals surface area contributed by atoms with Crippen LogP contribution in [0.1, 0.15) is 71.1 Å². The van der Waals surface area contributed by atoms with Crippen LogP contribution in [0.2, 0.25) is 0 Å². The minimum Gasteiger partial charge on any atom is -0.481 e. The Labute approximate surface area is 112 Å². The SMILES string of the molecule is C/C=C/C=C\CCCCCCCCCCC(=O)O. The van der Waals surface area contributed by atoms with Crippen LogP contribution in [-0.4, -0.2) is 11.1 Å². The predicted molar refractivity (Wildman–Crippen MR) is 77.8 cm³/mol. The Kier molecular flexibility index (Phi) is 13.2. The molecule has 0 aliphatic heterocycles. The van der Waals surface area contributed by atoms with Crippen LogP contribution in [0.25, 0.3) is 0 Å². The Bertz CT molecular complexity index is 241. The summed E-state index contributed by atoms with van der Waals surface area (Å²) in [6, 6.07) is 0. The van der Waals surface area contributed by atoms with Gasteiger partial charge in [-0.25, -0.2) is 0 Å². The van der Waals surface area contributed by atoms with E-state index in [0.717, 1.165) is 12.8 Å². The van der Waals surface area contributed by atoms with Crippen LogP contribution in [0.5, 0.6) is 0 Å². The van der Waals surface area contributed by atoms with E-state index in [1.807, 2.05) is 13.0 Å². The number of hydrogen-bond donors (Lipinski definition) is 1. The third kappa shape index (κ3) is 14.9. The summed E-state index contributed by atoms with van der Waals surface area (Å²) in [7, 11) is 0. The van der Waals surface area contributed by atoms with Crippen molar-refractivity contribution in [2.45, 2.75) is 71.1 Å². The van der Waals surface area contributed by atoms with Crippen molar-refractivity contribution < 1.29 is 9.90 Å². The fourth-order valence-corrected chi connectivity index (χ4v) is 1.88. The largest absolute Gasteiger partial charge is 0.481 e. The van der Waals surface area contributed by atoms with Crippen molar-refractivity contribution in [3.8, 4) is 0 Å². The van der Waals surface area contributed by atoms with Gasteiger partial charge in [0.1, 0.15) is 0 Å². The lowest BCUT2D eigenvalue weighted by Gasteiger charge is -2.00. The smallest absolute Gasteiger partial charge is 0.303 e. The highest BCUT2D eigenvalue weighted by Gasteiger charge is 1.96. The first-order chi connectivity index (χ1) is 8.77. The van der Waals surface area contributed by atoms with Gasteiger partial charge in [0, 0.05) is 6.42 Å². The Hall–Kier alpha value is -1.05. The third-order valence-electron chi connectivity index (χ3n) is 2.95. The van der Waals surface area contributed by atoms with Gasteiger partial charge >= 0.3 is 5.97 Å². The van der Waals surface area contributed by atoms with Gasteiger partial charge in [-0.2, -0.15) is 0 Å². The Morgan fingerprint density at radius 2 is 1.44 bits per heavy atom. The molecule has 0 amide bonds. The lowest BCUT2D eigenvalue weighted by Crippen LogP contribution is -1.93. The summed E-state index contributed by atoms with van der Waals surface area (Å²) in [5.41, 5.74) is 0. The first-order valence-electron chi connectivity index (χ1n) is 7.27. The van der Waals surface area contributed by atoms with Gasteiger partial charge in [0.25, 0.3) is 0 Å². The molecule has 0 aromatic heterocycles. The lowest BCUT2D eigenvalue weighted by atomic mass is 10.1. The topological polar surface area (TPSA) is 37.3 Å². The number of aliphatic carboxylic acids is 1. The third-order valence-corrected chi connectivity index (χ3v) is 2.95. The molecule has 0 fully saturated rings. The molecular weight excluding hydrogens is 224 g/mol. The molecule has 18 heavy (non-hydrogen) atoms. The number of rotatable bonds is 12. The number of unbranched alkanes of at least 4 members (excludes halogenated alkanes) is 8. The average molecular weight is 252 g/mol. The van der Waals surface area contributed by atoms with Crippen molar-refractivity contribution in [1.29, 1.82) is 0 Å². The van der Waals surface area contributed by atoms with E-state index in [-0.39, 0.29) is 0 Å². The minimum absolute atomic E-state index is 0.332. The van der Waals surface area contributed by atoms with Gasteiger partial charge in [-0.15, -0.1) is 0 Å². The van der Waals surface area contributed by atoms with Gasteiger partial charge in [-0.1, -0.05) is 62.8 Å². The highest BCUT2D eigenvalue weighted by Crippen LogP contribution is 2.10. The van der Waals surface area contributed by atoms with Gasteiger partial charge in [0.15, 0.2) is 0 Å². The zero-order valence-corrected chi connectivity index (χ0v) is 11.7. The average Bonchev–Trinajstić information content (AvgIpc) is 2.34. The molecule has 104 valence electrons. The zero-order valence-electron chi connectivity index (χ0n) is 11.7. The lowest BCUT2D eigenvalue weighted by molar-refractivity contribution is -0.137. The Balaban J connectivity index is 3.05. The van der Waals surface area contributed by atoms with E-state index in [0.29, 0.717) is 6.42 Å². The molecule has 0 aliphatic rings. The van der Waals surface area contributed by atoms with Crippen LogP contribution < -0.4 is 0 Å². The second-order valence-corrected chi connectivity index (χ2v) is 4.71. The number of carboxylic acids is 1. The highest BCUT2D eigenvalue weighted by molar-refractivity contribution is 5.66. The first-order valence-corrected chi connectivity index (χ1v) is 7.27. The molecule has 0 rings (SSSR count). The van der Waals surface area contributed by atoms with Gasteiger partial charge in [0.2, 0.25) is 0 Å². The van der Waals surface area contributed by atoms with Crippen LogP contribution >= 0.6 is 0 Å². The summed E-state index contributed by atoms with van der Waals surface area (Å²) in [4.78, 5) is 10.3. The molecule has 2 nitrogen and oxygen atoms in total. The maximum atomic E-state index is 10.3. The van der Waals surface area contributed by atoms with E-state index < -0.39 is 5.97 Å². The molecule has 0 atom stereocenters. The van der Waals surface area contributed by atoms with Crippen LogP contribution in [0.3, 0.4) is 0 Å². The van der Waals surface area contributed by atoms with Gasteiger partial charge in [0.05, 0.1) is 0 Å². The van der Waals surface area contributed by atoms with Crippen molar-refractivity contribution in [2.75, 3.05) is 0 Å². The predicted octanol–water partition coefficient (Wildman–Crippen LogP) is 5.10. The molecule has 0 radical (unpaired) electrons. The normalized spacial score (nSPS) is 11.6. The summed E-state index contributed by atoms with van der Waals surface area (Å²) in [5.74, 6) is -0.666. The van der Waals surface area contributed by atoms with E-state index in [1.54, 1.807) is 0 Å². The number of allylic oxidation sites excluding steroid dienone is 4. The van der Waals surface area contributed by atoms with Crippen molar-refractivity contribution in [3.05, 3.63) is 24.3 Å². The van der Waals surface area contributed by atoms with Crippen LogP contribution in [-0.2, 0) is 4.79 Å². The van der Waals surface area contributed by atoms with Gasteiger partial charge in [-0.05, 0) is 26.2 Å². The molecule has 0 aromatic rings. The van der Waals surface area contributed by atoms with Crippen molar-refractivity contribution >= 4 is 5.97 Å². The summed E-state index contributed by atoms with van der Waals surface area (Å²) in [6.07, 6.45) is 19.5.